The van der Waals surface area contributed by atoms with Crippen LogP contribution in [-0.2, 0) is 4.79 Å². The Morgan fingerprint density at radius 1 is 1.17 bits per heavy atom. The minimum absolute atomic E-state index is 0.0939. The minimum atomic E-state index is -0.301. The van der Waals surface area contributed by atoms with Crippen LogP contribution in [0.4, 0.5) is 0 Å². The molecule has 0 saturated carbocycles. The van der Waals surface area contributed by atoms with E-state index in [4.69, 9.17) is 0 Å². The highest BCUT2D eigenvalue weighted by molar-refractivity contribution is 5.94. The van der Waals surface area contributed by atoms with Gasteiger partial charge in [0.05, 0.1) is 11.7 Å². The van der Waals surface area contributed by atoms with Crippen LogP contribution in [0.1, 0.15) is 69.3 Å². The number of nitrogens with one attached hydrogen (secondary N) is 1. The Morgan fingerprint density at radius 2 is 1.79 bits per heavy atom. The first-order valence-corrected chi connectivity index (χ1v) is 11.2. The van der Waals surface area contributed by atoms with Crippen LogP contribution in [0.15, 0.2) is 24.3 Å². The molecule has 2 aliphatic rings. The molecule has 0 unspecified atom stereocenters. The van der Waals surface area contributed by atoms with Gasteiger partial charge in [0, 0.05) is 38.0 Å². The molecule has 2 heterocycles. The largest absolute Gasteiger partial charge is 0.338 e. The maximum absolute atomic E-state index is 13.2. The van der Waals surface area contributed by atoms with E-state index in [0.29, 0.717) is 24.9 Å². The van der Waals surface area contributed by atoms with Gasteiger partial charge in [-0.3, -0.25) is 14.9 Å². The van der Waals surface area contributed by atoms with Crippen LogP contribution in [-0.4, -0.2) is 53.0 Å². The summed E-state index contributed by atoms with van der Waals surface area (Å²) in [6, 6.07) is 7.69. The molecule has 1 aromatic rings. The topological polar surface area (TPSA) is 52.7 Å². The average Bonchev–Trinajstić information content (AvgIpc) is 2.93. The molecule has 2 fully saturated rings. The number of benzene rings is 1. The Bertz CT molecular complexity index is 720. The van der Waals surface area contributed by atoms with Gasteiger partial charge in [0.15, 0.2) is 0 Å². The van der Waals surface area contributed by atoms with Crippen LogP contribution in [0, 0.1) is 18.8 Å². The highest BCUT2D eigenvalue weighted by Gasteiger charge is 2.51. The number of hydrogen-bond donors (Lipinski definition) is 1. The molecule has 0 aliphatic carbocycles. The average molecular weight is 400 g/mol. The van der Waals surface area contributed by atoms with Gasteiger partial charge in [-0.25, -0.2) is 0 Å². The Balaban J connectivity index is 1.73. The van der Waals surface area contributed by atoms with Crippen LogP contribution in [0.25, 0.3) is 0 Å². The van der Waals surface area contributed by atoms with Crippen molar-refractivity contribution < 1.29 is 9.59 Å². The summed E-state index contributed by atoms with van der Waals surface area (Å²) in [4.78, 5) is 30.2. The zero-order valence-electron chi connectivity index (χ0n) is 18.7. The van der Waals surface area contributed by atoms with Crippen LogP contribution < -0.4 is 5.32 Å². The third-order valence-corrected chi connectivity index (χ3v) is 6.60. The van der Waals surface area contributed by atoms with E-state index in [2.05, 4.69) is 37.9 Å². The smallest absolute Gasteiger partial charge is 0.253 e. The molecule has 0 bridgehead atoms. The molecule has 2 atom stereocenters. The fraction of sp³-hybridized carbons (Fsp3) is 0.667. The Hall–Kier alpha value is -1.88. The normalized spacial score (nSPS) is 22.6. The molecule has 2 amide bonds. The van der Waals surface area contributed by atoms with E-state index in [1.807, 2.05) is 36.1 Å². The first-order valence-electron chi connectivity index (χ1n) is 11.2. The van der Waals surface area contributed by atoms with Gasteiger partial charge < -0.3 is 9.80 Å². The second-order valence-electron chi connectivity index (χ2n) is 9.48. The van der Waals surface area contributed by atoms with Crippen molar-refractivity contribution in [2.24, 2.45) is 11.8 Å². The van der Waals surface area contributed by atoms with E-state index in [1.165, 1.54) is 0 Å². The predicted octanol–water partition coefficient (Wildman–Crippen LogP) is 3.82. The van der Waals surface area contributed by atoms with Gasteiger partial charge in [-0.05, 0) is 37.3 Å². The molecule has 2 aliphatic heterocycles. The van der Waals surface area contributed by atoms with Crippen LogP contribution in [0.3, 0.4) is 0 Å². The van der Waals surface area contributed by atoms with E-state index in [0.717, 1.165) is 43.4 Å². The highest BCUT2D eigenvalue weighted by Crippen LogP contribution is 2.35. The van der Waals surface area contributed by atoms with Gasteiger partial charge in [-0.1, -0.05) is 51.8 Å². The molecule has 0 radical (unpaired) electrons. The third-order valence-electron chi connectivity index (χ3n) is 6.60. The number of nitrogens with zero attached hydrogens (tertiary/aromatic N) is 2. The van der Waals surface area contributed by atoms with Crippen molar-refractivity contribution in [3.63, 3.8) is 0 Å². The summed E-state index contributed by atoms with van der Waals surface area (Å²) in [5, 5.41) is 3.71. The van der Waals surface area contributed by atoms with Gasteiger partial charge >= 0.3 is 0 Å². The molecule has 2 saturated heterocycles. The standard InChI is InChI=1S/C24H37N3O2/c1-6-18(4)16-27-23(29)21(15-17(2)3)25-24(27)11-13-26(14-12-24)22(28)20-9-7-19(5)8-10-20/h7-10,17-18,21,25H,6,11-16H2,1-5H3/t18-,21+/m0/s1. The first-order chi connectivity index (χ1) is 13.8. The summed E-state index contributed by atoms with van der Waals surface area (Å²) in [7, 11) is 0. The van der Waals surface area contributed by atoms with Crippen molar-refractivity contribution >= 4 is 11.8 Å². The van der Waals surface area contributed by atoms with Crippen LogP contribution in [0.2, 0.25) is 0 Å². The quantitative estimate of drug-likeness (QED) is 0.791. The van der Waals surface area contributed by atoms with Crippen molar-refractivity contribution in [1.29, 1.82) is 0 Å². The van der Waals surface area contributed by atoms with Crippen LogP contribution in [0.5, 0.6) is 0 Å². The zero-order valence-corrected chi connectivity index (χ0v) is 18.7. The van der Waals surface area contributed by atoms with Gasteiger partial charge in [-0.15, -0.1) is 0 Å². The number of hydrogen-bond acceptors (Lipinski definition) is 3. The van der Waals surface area contributed by atoms with Crippen molar-refractivity contribution in [3.05, 3.63) is 35.4 Å². The Labute approximate surface area is 175 Å². The maximum atomic E-state index is 13.2. The summed E-state index contributed by atoms with van der Waals surface area (Å²) in [6.07, 6.45) is 3.51. The predicted molar refractivity (Wildman–Crippen MR) is 117 cm³/mol. The number of carbonyl (C=O) groups is 2. The van der Waals surface area contributed by atoms with Crippen LogP contribution >= 0.6 is 0 Å². The molecular weight excluding hydrogens is 362 g/mol. The number of amides is 2. The van der Waals surface area contributed by atoms with E-state index < -0.39 is 0 Å². The Kier molecular flexibility index (Phi) is 6.67. The summed E-state index contributed by atoms with van der Waals surface area (Å²) in [5.74, 6) is 1.29. The SMILES string of the molecule is CC[C@H](C)CN1C(=O)[C@@H](CC(C)C)NC12CCN(C(=O)c1ccc(C)cc1)CC2. The summed E-state index contributed by atoms with van der Waals surface area (Å²) in [6.45, 7) is 12.9. The molecule has 29 heavy (non-hydrogen) atoms. The van der Waals surface area contributed by atoms with Crippen molar-refractivity contribution in [2.75, 3.05) is 19.6 Å². The monoisotopic (exact) mass is 399 g/mol. The maximum Gasteiger partial charge on any atom is 0.253 e. The lowest BCUT2D eigenvalue weighted by Crippen LogP contribution is -2.60. The number of carbonyl (C=O) groups excluding carboxylic acids is 2. The zero-order chi connectivity index (χ0) is 21.2. The first kappa shape index (κ1) is 21.8. The molecule has 3 rings (SSSR count). The lowest BCUT2D eigenvalue weighted by Gasteiger charge is -2.45. The lowest BCUT2D eigenvalue weighted by atomic mass is 9.94. The fourth-order valence-electron chi connectivity index (χ4n) is 4.57. The molecule has 1 N–H and O–H groups in total. The number of likely N-dealkylation sites (tertiary alicyclic amines) is 1. The van der Waals surface area contributed by atoms with Crippen molar-refractivity contribution in [1.82, 2.24) is 15.1 Å². The van der Waals surface area contributed by atoms with Gasteiger partial charge in [0.2, 0.25) is 5.91 Å². The Morgan fingerprint density at radius 3 is 2.34 bits per heavy atom. The molecule has 1 spiro atoms. The lowest BCUT2D eigenvalue weighted by molar-refractivity contribution is -0.134. The number of piperidine rings is 1. The van der Waals surface area contributed by atoms with Gasteiger partial charge in [-0.2, -0.15) is 0 Å². The van der Waals surface area contributed by atoms with E-state index in [-0.39, 0.29) is 23.5 Å². The minimum Gasteiger partial charge on any atom is -0.338 e. The van der Waals surface area contributed by atoms with Gasteiger partial charge in [0.1, 0.15) is 0 Å². The summed E-state index contributed by atoms with van der Waals surface area (Å²) >= 11 is 0. The molecule has 0 aromatic heterocycles. The van der Waals surface area contributed by atoms with E-state index in [9.17, 15) is 9.59 Å². The molecular formula is C24H37N3O2. The molecule has 5 heteroatoms. The van der Waals surface area contributed by atoms with Crippen molar-refractivity contribution in [2.45, 2.75) is 72.0 Å². The second kappa shape index (κ2) is 8.86. The second-order valence-corrected chi connectivity index (χ2v) is 9.48. The summed E-state index contributed by atoms with van der Waals surface area (Å²) in [5.41, 5.74) is 1.60. The molecule has 1 aromatic carbocycles. The van der Waals surface area contributed by atoms with Crippen molar-refractivity contribution in [3.8, 4) is 0 Å². The van der Waals surface area contributed by atoms with E-state index >= 15 is 0 Å². The molecule has 160 valence electrons. The fourth-order valence-corrected chi connectivity index (χ4v) is 4.57. The third kappa shape index (κ3) is 4.66. The number of rotatable bonds is 6. The number of aryl methyl sites for hydroxylation is 1. The molecule has 5 nitrogen and oxygen atoms in total. The summed E-state index contributed by atoms with van der Waals surface area (Å²) < 4.78 is 0. The van der Waals surface area contributed by atoms with Gasteiger partial charge in [0.25, 0.3) is 5.91 Å². The highest BCUT2D eigenvalue weighted by atomic mass is 16.2. The van der Waals surface area contributed by atoms with E-state index in [1.54, 1.807) is 0 Å².